The fraction of sp³-hybridized carbons (Fsp3) is 0.714. The van der Waals surface area contributed by atoms with E-state index < -0.39 is 0 Å². The maximum atomic E-state index is 4.58. The zero-order chi connectivity index (χ0) is 13.6. The predicted octanol–water partition coefficient (Wildman–Crippen LogP) is 3.25. The molecule has 0 amide bonds. The molecule has 0 saturated heterocycles. The summed E-state index contributed by atoms with van der Waals surface area (Å²) in [5.74, 6) is 2.48. The Balaban J connectivity index is 2.46. The first-order valence-electron chi connectivity index (χ1n) is 6.52. The van der Waals surface area contributed by atoms with Gasteiger partial charge in [-0.1, -0.05) is 34.6 Å². The first-order chi connectivity index (χ1) is 8.37. The first-order valence-corrected chi connectivity index (χ1v) is 7.51. The van der Waals surface area contributed by atoms with Crippen molar-refractivity contribution >= 4 is 11.8 Å². The van der Waals surface area contributed by atoms with E-state index in [1.165, 1.54) is 0 Å². The minimum atomic E-state index is 0.259. The van der Waals surface area contributed by atoms with Crippen LogP contribution in [-0.2, 0) is 12.3 Å². The van der Waals surface area contributed by atoms with Gasteiger partial charge in [0.2, 0.25) is 0 Å². The number of thioether (sulfide) groups is 1. The quantitative estimate of drug-likeness (QED) is 0.858. The second-order valence-corrected chi connectivity index (χ2v) is 7.69. The normalized spacial score (nSPS) is 12.1. The summed E-state index contributed by atoms with van der Waals surface area (Å²) in [6.07, 6.45) is 1.86. The van der Waals surface area contributed by atoms with E-state index in [0.717, 1.165) is 30.4 Å². The van der Waals surface area contributed by atoms with Gasteiger partial charge < -0.3 is 5.32 Å². The van der Waals surface area contributed by atoms with Crippen LogP contribution in [0.1, 0.15) is 46.1 Å². The van der Waals surface area contributed by atoms with E-state index in [9.17, 15) is 0 Å². The molecule has 1 heterocycles. The summed E-state index contributed by atoms with van der Waals surface area (Å²) in [5, 5.41) is 3.40. The molecule has 0 aliphatic carbocycles. The van der Waals surface area contributed by atoms with Crippen molar-refractivity contribution in [3.8, 4) is 0 Å². The van der Waals surface area contributed by atoms with Gasteiger partial charge in [0, 0.05) is 17.5 Å². The Labute approximate surface area is 115 Å². The smallest absolute Gasteiger partial charge is 0.138 e. The largest absolute Gasteiger partial charge is 0.311 e. The number of hydrogen-bond acceptors (Lipinski definition) is 4. The summed E-state index contributed by atoms with van der Waals surface area (Å²) in [4.78, 5) is 8.90. The Kier molecular flexibility index (Phi) is 6.09. The van der Waals surface area contributed by atoms with Crippen LogP contribution in [0.2, 0.25) is 0 Å². The van der Waals surface area contributed by atoms with Gasteiger partial charge in [-0.3, -0.25) is 0 Å². The molecule has 18 heavy (non-hydrogen) atoms. The predicted molar refractivity (Wildman–Crippen MR) is 79.6 cm³/mol. The van der Waals surface area contributed by atoms with Gasteiger partial charge in [-0.15, -0.1) is 11.8 Å². The Hall–Kier alpha value is -0.610. The molecule has 0 aliphatic rings. The summed E-state index contributed by atoms with van der Waals surface area (Å²) in [7, 11) is 0. The van der Waals surface area contributed by atoms with Crippen molar-refractivity contribution in [1.82, 2.24) is 15.3 Å². The van der Waals surface area contributed by atoms with E-state index in [4.69, 9.17) is 0 Å². The first kappa shape index (κ1) is 15.4. The van der Waals surface area contributed by atoms with E-state index in [1.807, 2.05) is 24.0 Å². The Morgan fingerprint density at radius 3 is 2.67 bits per heavy atom. The number of rotatable bonds is 6. The lowest BCUT2D eigenvalue weighted by Gasteiger charge is -2.16. The zero-order valence-electron chi connectivity index (χ0n) is 12.2. The van der Waals surface area contributed by atoms with Gasteiger partial charge in [0.05, 0.1) is 11.4 Å². The number of aromatic nitrogens is 2. The van der Waals surface area contributed by atoms with Crippen LogP contribution < -0.4 is 5.32 Å². The number of hydrogen-bond donors (Lipinski definition) is 1. The molecule has 1 aromatic heterocycles. The van der Waals surface area contributed by atoms with E-state index in [0.29, 0.717) is 5.92 Å². The van der Waals surface area contributed by atoms with Crippen molar-refractivity contribution in [3.63, 3.8) is 0 Å². The average Bonchev–Trinajstić information content (AvgIpc) is 2.26. The third-order valence-corrected chi connectivity index (χ3v) is 3.52. The van der Waals surface area contributed by atoms with E-state index in [2.05, 4.69) is 49.9 Å². The van der Waals surface area contributed by atoms with Crippen molar-refractivity contribution in [1.29, 1.82) is 0 Å². The van der Waals surface area contributed by atoms with Gasteiger partial charge in [0.25, 0.3) is 0 Å². The van der Waals surface area contributed by atoms with Crippen LogP contribution in [-0.4, -0.2) is 21.3 Å². The molecule has 0 fully saturated rings. The Bertz CT molecular complexity index is 358. The third-order valence-electron chi connectivity index (χ3n) is 2.26. The SMILES string of the molecule is CC(C)CNCc1ccnc(CSC(C)(C)C)n1. The standard InChI is InChI=1S/C14H25N3S/c1-11(2)8-15-9-12-6-7-16-13(17-12)10-18-14(3,4)5/h6-7,11,15H,8-10H2,1-5H3. The van der Waals surface area contributed by atoms with E-state index in [-0.39, 0.29) is 4.75 Å². The summed E-state index contributed by atoms with van der Waals surface area (Å²) in [6.45, 7) is 12.9. The summed E-state index contributed by atoms with van der Waals surface area (Å²) in [6, 6.07) is 1.98. The molecule has 3 nitrogen and oxygen atoms in total. The molecular weight excluding hydrogens is 242 g/mol. The number of nitrogens with zero attached hydrogens (tertiary/aromatic N) is 2. The van der Waals surface area contributed by atoms with Crippen molar-refractivity contribution in [2.24, 2.45) is 5.92 Å². The maximum absolute atomic E-state index is 4.58. The fourth-order valence-electron chi connectivity index (χ4n) is 1.38. The van der Waals surface area contributed by atoms with Crippen LogP contribution in [0.4, 0.5) is 0 Å². The van der Waals surface area contributed by atoms with Crippen molar-refractivity contribution < 1.29 is 0 Å². The minimum Gasteiger partial charge on any atom is -0.311 e. The summed E-state index contributed by atoms with van der Waals surface area (Å²) in [5.41, 5.74) is 1.08. The molecule has 0 saturated carbocycles. The highest BCUT2D eigenvalue weighted by molar-refractivity contribution is 7.99. The molecule has 0 atom stereocenters. The summed E-state index contributed by atoms with van der Waals surface area (Å²) < 4.78 is 0.259. The van der Waals surface area contributed by atoms with Gasteiger partial charge in [0.1, 0.15) is 5.82 Å². The molecule has 0 spiro atoms. The van der Waals surface area contributed by atoms with Gasteiger partial charge in [0.15, 0.2) is 0 Å². The molecule has 0 aromatic carbocycles. The van der Waals surface area contributed by atoms with Gasteiger partial charge >= 0.3 is 0 Å². The molecule has 0 aliphatic heterocycles. The maximum Gasteiger partial charge on any atom is 0.138 e. The molecule has 0 radical (unpaired) electrons. The van der Waals surface area contributed by atoms with Crippen LogP contribution in [0.15, 0.2) is 12.3 Å². The zero-order valence-corrected chi connectivity index (χ0v) is 13.0. The fourth-order valence-corrected chi connectivity index (χ4v) is 2.08. The van der Waals surface area contributed by atoms with Crippen molar-refractivity contribution in [2.75, 3.05) is 6.54 Å². The molecular formula is C14H25N3S. The summed E-state index contributed by atoms with van der Waals surface area (Å²) >= 11 is 1.88. The molecule has 1 aromatic rings. The highest BCUT2D eigenvalue weighted by atomic mass is 32.2. The van der Waals surface area contributed by atoms with Crippen molar-refractivity contribution in [3.05, 3.63) is 23.8 Å². The van der Waals surface area contributed by atoms with Crippen LogP contribution in [0.5, 0.6) is 0 Å². The van der Waals surface area contributed by atoms with Crippen LogP contribution in [0.3, 0.4) is 0 Å². The van der Waals surface area contributed by atoms with Crippen LogP contribution in [0, 0.1) is 5.92 Å². The molecule has 0 unspecified atom stereocenters. The molecule has 1 rings (SSSR count). The lowest BCUT2D eigenvalue weighted by atomic mass is 10.2. The van der Waals surface area contributed by atoms with E-state index in [1.54, 1.807) is 0 Å². The van der Waals surface area contributed by atoms with Gasteiger partial charge in [-0.25, -0.2) is 9.97 Å². The third kappa shape index (κ3) is 6.97. The van der Waals surface area contributed by atoms with Crippen LogP contribution >= 0.6 is 11.8 Å². The lowest BCUT2D eigenvalue weighted by molar-refractivity contribution is 0.547. The highest BCUT2D eigenvalue weighted by Gasteiger charge is 2.11. The monoisotopic (exact) mass is 267 g/mol. The lowest BCUT2D eigenvalue weighted by Crippen LogP contribution is -2.20. The van der Waals surface area contributed by atoms with Crippen molar-refractivity contribution in [2.45, 2.75) is 51.7 Å². The molecule has 102 valence electrons. The Morgan fingerprint density at radius 1 is 1.33 bits per heavy atom. The second kappa shape index (κ2) is 7.10. The van der Waals surface area contributed by atoms with Crippen LogP contribution in [0.25, 0.3) is 0 Å². The topological polar surface area (TPSA) is 37.8 Å². The average molecular weight is 267 g/mol. The molecule has 1 N–H and O–H groups in total. The minimum absolute atomic E-state index is 0.259. The van der Waals surface area contributed by atoms with E-state index >= 15 is 0 Å². The van der Waals surface area contributed by atoms with Gasteiger partial charge in [-0.2, -0.15) is 0 Å². The molecule has 0 bridgehead atoms. The van der Waals surface area contributed by atoms with Gasteiger partial charge in [-0.05, 0) is 18.5 Å². The number of nitrogens with one attached hydrogen (secondary N) is 1. The molecule has 4 heteroatoms. The highest BCUT2D eigenvalue weighted by Crippen LogP contribution is 2.25. The second-order valence-electron chi connectivity index (χ2n) is 5.89. The Morgan fingerprint density at radius 2 is 2.06 bits per heavy atom.